The van der Waals surface area contributed by atoms with Gasteiger partial charge in [0, 0.05) is 42.5 Å². The fourth-order valence-corrected chi connectivity index (χ4v) is 11.9. The zero-order valence-corrected chi connectivity index (χ0v) is 34.4. The molecule has 60 heavy (non-hydrogen) atoms. The molecule has 1 spiro atoms. The van der Waals surface area contributed by atoms with Crippen LogP contribution in [0.2, 0.25) is 0 Å². The lowest BCUT2D eigenvalue weighted by Gasteiger charge is -2.33. The van der Waals surface area contributed by atoms with Crippen LogP contribution >= 0.6 is 11.3 Å². The Hall–Kier alpha value is -7.00. The number of fused-ring (bicyclic) bond motifs is 15. The third-order valence-electron chi connectivity index (χ3n) is 13.2. The highest BCUT2D eigenvalue weighted by Crippen LogP contribution is 2.65. The van der Waals surface area contributed by atoms with Gasteiger partial charge in [-0.1, -0.05) is 165 Å². The van der Waals surface area contributed by atoms with Crippen LogP contribution in [0.3, 0.4) is 0 Å². The maximum atomic E-state index is 2.53. The van der Waals surface area contributed by atoms with Gasteiger partial charge in [0.2, 0.25) is 0 Å². The van der Waals surface area contributed by atoms with Crippen molar-refractivity contribution in [3.63, 3.8) is 0 Å². The zero-order valence-electron chi connectivity index (χ0n) is 33.6. The number of aryl methyl sites for hydroxylation is 1. The summed E-state index contributed by atoms with van der Waals surface area (Å²) < 4.78 is 2.70. The van der Waals surface area contributed by atoms with Gasteiger partial charge in [-0.05, 0) is 122 Å². The lowest BCUT2D eigenvalue weighted by Crippen LogP contribution is -2.26. The van der Waals surface area contributed by atoms with Gasteiger partial charge in [-0.3, -0.25) is 0 Å². The Morgan fingerprint density at radius 2 is 1.23 bits per heavy atom. The molecule has 10 aromatic rings. The molecule has 0 N–H and O–H groups in total. The molecular formula is C58H41NS. The van der Waals surface area contributed by atoms with Gasteiger partial charge in [-0.25, -0.2) is 0 Å². The van der Waals surface area contributed by atoms with Crippen molar-refractivity contribution in [2.75, 3.05) is 4.90 Å². The van der Waals surface area contributed by atoms with Gasteiger partial charge in [0.25, 0.3) is 0 Å². The largest absolute Gasteiger partial charge is 0.310 e. The number of hydrogen-bond acceptors (Lipinski definition) is 2. The number of nitrogens with zero attached hydrogens (tertiary/aromatic N) is 1. The highest BCUT2D eigenvalue weighted by Gasteiger charge is 2.52. The van der Waals surface area contributed by atoms with Crippen molar-refractivity contribution in [1.29, 1.82) is 0 Å². The van der Waals surface area contributed by atoms with Crippen molar-refractivity contribution >= 4 is 65.4 Å². The Balaban J connectivity index is 1.18. The smallest absolute Gasteiger partial charge is 0.0727 e. The lowest BCUT2D eigenvalue weighted by molar-refractivity contribution is 0.795. The summed E-state index contributed by atoms with van der Waals surface area (Å²) in [4.78, 5) is 2.50. The van der Waals surface area contributed by atoms with Gasteiger partial charge < -0.3 is 4.90 Å². The third kappa shape index (κ3) is 4.92. The molecule has 0 saturated heterocycles. The standard InChI is InChI=1S/C58H41NS/c1-3-15-40-34-42(28-26-37(40)4-2)59(54-24-14-19-39-18-8-9-20-44(39)54)43-29-31-46-45-30-27-41(38-16-6-5-7-17-38)35-52(45)58(53(46)36-43)50-23-12-10-22-49(50)56-51(58)33-32-48-47-21-11-13-25-55(47)60-57(48)56/h3,5-36H,4H2,1-2H3/b15-3-. The van der Waals surface area contributed by atoms with E-state index in [9.17, 15) is 0 Å². The molecule has 284 valence electrons. The normalized spacial score (nSPS) is 14.9. The van der Waals surface area contributed by atoms with Gasteiger partial charge in [-0.15, -0.1) is 11.3 Å². The highest BCUT2D eigenvalue weighted by atomic mass is 32.1. The van der Waals surface area contributed by atoms with Crippen LogP contribution < -0.4 is 4.90 Å². The van der Waals surface area contributed by atoms with Crippen molar-refractivity contribution in [1.82, 2.24) is 0 Å². The zero-order chi connectivity index (χ0) is 40.0. The first-order valence-corrected chi connectivity index (χ1v) is 21.9. The van der Waals surface area contributed by atoms with Crippen LogP contribution in [0, 0.1) is 0 Å². The van der Waals surface area contributed by atoms with E-state index < -0.39 is 5.41 Å². The van der Waals surface area contributed by atoms with Crippen LogP contribution in [-0.2, 0) is 11.8 Å². The van der Waals surface area contributed by atoms with E-state index in [1.807, 2.05) is 11.3 Å². The van der Waals surface area contributed by atoms with Crippen molar-refractivity contribution in [3.05, 3.63) is 228 Å². The van der Waals surface area contributed by atoms with Crippen molar-refractivity contribution < 1.29 is 0 Å². The minimum atomic E-state index is -0.533. The molecule has 2 aliphatic rings. The molecular weight excluding hydrogens is 743 g/mol. The van der Waals surface area contributed by atoms with Crippen LogP contribution in [0.5, 0.6) is 0 Å². The average molecular weight is 784 g/mol. The van der Waals surface area contributed by atoms with Crippen molar-refractivity contribution in [2.45, 2.75) is 25.7 Å². The summed E-state index contributed by atoms with van der Waals surface area (Å²) in [5.41, 5.74) is 18.7. The fraction of sp³-hybridized carbons (Fsp3) is 0.0690. The van der Waals surface area contributed by atoms with Gasteiger partial charge in [-0.2, -0.15) is 0 Å². The summed E-state index contributed by atoms with van der Waals surface area (Å²) in [6.45, 7) is 4.36. The Labute approximate surface area is 355 Å². The van der Waals surface area contributed by atoms with E-state index in [-0.39, 0.29) is 0 Å². The highest BCUT2D eigenvalue weighted by molar-refractivity contribution is 7.26. The molecule has 0 bridgehead atoms. The first-order valence-electron chi connectivity index (χ1n) is 21.1. The third-order valence-corrected chi connectivity index (χ3v) is 14.4. The Kier molecular flexibility index (Phi) is 7.89. The summed E-state index contributed by atoms with van der Waals surface area (Å²) in [6, 6.07) is 70.9. The Morgan fingerprint density at radius 1 is 0.517 bits per heavy atom. The van der Waals surface area contributed by atoms with E-state index in [1.165, 1.54) is 103 Å². The number of anilines is 3. The molecule has 1 nitrogen and oxygen atoms in total. The lowest BCUT2D eigenvalue weighted by atomic mass is 9.70. The van der Waals surface area contributed by atoms with Gasteiger partial charge >= 0.3 is 0 Å². The fourth-order valence-electron chi connectivity index (χ4n) is 10.6. The second kappa shape index (κ2) is 13.5. The van der Waals surface area contributed by atoms with Gasteiger partial charge in [0.1, 0.15) is 0 Å². The van der Waals surface area contributed by atoms with Gasteiger partial charge in [0.05, 0.1) is 11.1 Å². The maximum Gasteiger partial charge on any atom is 0.0727 e. The van der Waals surface area contributed by atoms with E-state index in [1.54, 1.807) is 0 Å². The molecule has 9 aromatic carbocycles. The molecule has 2 heteroatoms. The summed E-state index contributed by atoms with van der Waals surface area (Å²) in [5.74, 6) is 0. The van der Waals surface area contributed by atoms with E-state index in [0.717, 1.165) is 17.8 Å². The molecule has 1 unspecified atom stereocenters. The van der Waals surface area contributed by atoms with E-state index in [0.29, 0.717) is 0 Å². The second-order valence-corrected chi connectivity index (χ2v) is 17.2. The second-order valence-electron chi connectivity index (χ2n) is 16.2. The molecule has 1 atom stereocenters. The minimum Gasteiger partial charge on any atom is -0.310 e. The number of rotatable bonds is 6. The average Bonchev–Trinajstić information content (AvgIpc) is 3.93. The minimum absolute atomic E-state index is 0.533. The Bertz CT molecular complexity index is 3380. The number of allylic oxidation sites excluding steroid dienone is 1. The van der Waals surface area contributed by atoms with E-state index in [2.05, 4.69) is 219 Å². The molecule has 1 aromatic heterocycles. The maximum absolute atomic E-state index is 2.53. The van der Waals surface area contributed by atoms with Crippen LogP contribution in [0.15, 0.2) is 194 Å². The summed E-state index contributed by atoms with van der Waals surface area (Å²) in [5, 5.41) is 5.11. The quantitative estimate of drug-likeness (QED) is 0.162. The number of benzene rings is 9. The first-order chi connectivity index (χ1) is 29.7. The van der Waals surface area contributed by atoms with E-state index in [4.69, 9.17) is 0 Å². The molecule has 2 aliphatic carbocycles. The van der Waals surface area contributed by atoms with E-state index >= 15 is 0 Å². The molecule has 0 fully saturated rings. The molecule has 0 aliphatic heterocycles. The Morgan fingerprint density at radius 3 is 2.10 bits per heavy atom. The van der Waals surface area contributed by atoms with Crippen LogP contribution in [0.1, 0.15) is 47.2 Å². The number of hydrogen-bond donors (Lipinski definition) is 0. The van der Waals surface area contributed by atoms with Gasteiger partial charge in [0.15, 0.2) is 0 Å². The monoisotopic (exact) mass is 783 g/mol. The number of thiophene rings is 1. The first kappa shape index (κ1) is 35.0. The summed E-state index contributed by atoms with van der Waals surface area (Å²) >= 11 is 1.93. The van der Waals surface area contributed by atoms with Crippen molar-refractivity contribution in [2.24, 2.45) is 0 Å². The summed E-state index contributed by atoms with van der Waals surface area (Å²) in [6.07, 6.45) is 5.39. The molecule has 1 heterocycles. The summed E-state index contributed by atoms with van der Waals surface area (Å²) in [7, 11) is 0. The topological polar surface area (TPSA) is 3.24 Å². The molecule has 0 amide bonds. The predicted octanol–water partition coefficient (Wildman–Crippen LogP) is 16.3. The molecule has 0 radical (unpaired) electrons. The van der Waals surface area contributed by atoms with Crippen molar-refractivity contribution in [3.8, 4) is 33.4 Å². The van der Waals surface area contributed by atoms with Crippen LogP contribution in [0.4, 0.5) is 17.1 Å². The molecule has 0 saturated carbocycles. The SMILES string of the molecule is C/C=C\c1cc(N(c2ccc3c(c2)C2(c4cc(-c5ccccc5)ccc4-3)c3ccccc3-c3c2ccc2c3sc3ccccc32)c2cccc3ccccc23)ccc1CC. The predicted molar refractivity (Wildman–Crippen MR) is 257 cm³/mol. The van der Waals surface area contributed by atoms with Crippen LogP contribution in [0.25, 0.3) is 70.4 Å². The van der Waals surface area contributed by atoms with Crippen LogP contribution in [-0.4, -0.2) is 0 Å². The molecule has 12 rings (SSSR count).